The predicted octanol–water partition coefficient (Wildman–Crippen LogP) is 3.68. The first kappa shape index (κ1) is 13.8. The van der Waals surface area contributed by atoms with Crippen molar-refractivity contribution in [2.45, 2.75) is 12.8 Å². The number of nitrogens with zero attached hydrogens (tertiary/aromatic N) is 1. The lowest BCUT2D eigenvalue weighted by Gasteiger charge is -2.17. The molecule has 0 saturated carbocycles. The van der Waals surface area contributed by atoms with Crippen LogP contribution >= 0.6 is 27.5 Å². The molecule has 0 spiro atoms. The van der Waals surface area contributed by atoms with Crippen LogP contribution in [0.1, 0.15) is 23.2 Å². The van der Waals surface area contributed by atoms with Crippen LogP contribution < -0.4 is 0 Å². The second-order valence-corrected chi connectivity index (χ2v) is 5.71. The highest BCUT2D eigenvalue weighted by atomic mass is 79.9. The van der Waals surface area contributed by atoms with Gasteiger partial charge >= 0.3 is 0 Å². The smallest absolute Gasteiger partial charge is 0.257 e. The summed E-state index contributed by atoms with van der Waals surface area (Å²) in [5, 5.41) is 0. The highest BCUT2D eigenvalue weighted by molar-refractivity contribution is 9.10. The second kappa shape index (κ2) is 6.02. The number of hydrogen-bond acceptors (Lipinski definition) is 1. The average molecular weight is 335 g/mol. The molecule has 1 unspecified atom stereocenters. The Balaban J connectivity index is 2.13. The monoisotopic (exact) mass is 333 g/mol. The maximum absolute atomic E-state index is 13.7. The summed E-state index contributed by atoms with van der Waals surface area (Å²) in [7, 11) is 0. The molecule has 2 rings (SSSR count). The molecule has 0 aromatic heterocycles. The summed E-state index contributed by atoms with van der Waals surface area (Å²) in [4.78, 5) is 14.0. The van der Waals surface area contributed by atoms with Crippen molar-refractivity contribution >= 4 is 33.4 Å². The second-order valence-electron chi connectivity index (χ2n) is 4.48. The van der Waals surface area contributed by atoms with E-state index in [1.165, 1.54) is 6.07 Å². The van der Waals surface area contributed by atoms with Crippen molar-refractivity contribution in [2.75, 3.05) is 19.0 Å². The van der Waals surface area contributed by atoms with Crippen LogP contribution in [0.2, 0.25) is 0 Å². The quantitative estimate of drug-likeness (QED) is 0.772. The molecule has 0 radical (unpaired) electrons. The molecule has 1 aliphatic rings. The van der Waals surface area contributed by atoms with Gasteiger partial charge < -0.3 is 4.90 Å². The van der Waals surface area contributed by atoms with Crippen LogP contribution in [0.4, 0.5) is 4.39 Å². The topological polar surface area (TPSA) is 20.3 Å². The van der Waals surface area contributed by atoms with Crippen LogP contribution in [-0.2, 0) is 0 Å². The standard InChI is InChI=1S/C13H14BrClFNO/c14-10-2-1-3-11(16)12(10)13(18)17-7-5-9(8-17)4-6-15/h1-3,9H,4-8H2. The van der Waals surface area contributed by atoms with Crippen molar-refractivity contribution in [3.8, 4) is 0 Å². The number of benzene rings is 1. The fourth-order valence-corrected chi connectivity index (χ4v) is 3.09. The van der Waals surface area contributed by atoms with E-state index < -0.39 is 5.82 Å². The summed E-state index contributed by atoms with van der Waals surface area (Å²) in [6.45, 7) is 1.35. The first-order valence-electron chi connectivity index (χ1n) is 5.92. The highest BCUT2D eigenvalue weighted by Gasteiger charge is 2.28. The summed E-state index contributed by atoms with van der Waals surface area (Å²) >= 11 is 8.94. The summed E-state index contributed by atoms with van der Waals surface area (Å²) < 4.78 is 14.2. The van der Waals surface area contributed by atoms with Crippen LogP contribution in [0.15, 0.2) is 22.7 Å². The molecule has 1 aliphatic heterocycles. The number of carbonyl (C=O) groups excluding carboxylic acids is 1. The number of carbonyl (C=O) groups is 1. The Hall–Kier alpha value is -0.610. The number of amides is 1. The maximum Gasteiger partial charge on any atom is 0.257 e. The largest absolute Gasteiger partial charge is 0.338 e. The zero-order valence-corrected chi connectivity index (χ0v) is 12.2. The third-order valence-electron chi connectivity index (χ3n) is 3.27. The summed E-state index contributed by atoms with van der Waals surface area (Å²) in [5.41, 5.74) is 0.129. The molecule has 0 aliphatic carbocycles. The molecular formula is C13H14BrClFNO. The Kier molecular flexibility index (Phi) is 4.62. The van der Waals surface area contributed by atoms with Gasteiger partial charge in [0.2, 0.25) is 0 Å². The van der Waals surface area contributed by atoms with Gasteiger partial charge in [0.25, 0.3) is 5.91 Å². The minimum absolute atomic E-state index is 0.129. The fourth-order valence-electron chi connectivity index (χ4n) is 2.27. The highest BCUT2D eigenvalue weighted by Crippen LogP contribution is 2.26. The van der Waals surface area contributed by atoms with Gasteiger partial charge in [0.1, 0.15) is 5.82 Å². The molecule has 1 amide bonds. The van der Waals surface area contributed by atoms with Gasteiger partial charge in [0.05, 0.1) is 5.56 Å². The van der Waals surface area contributed by atoms with Crippen LogP contribution in [0, 0.1) is 11.7 Å². The molecule has 1 aromatic carbocycles. The number of halogens is 3. The number of alkyl halides is 1. The van der Waals surface area contributed by atoms with E-state index >= 15 is 0 Å². The third-order valence-corrected chi connectivity index (χ3v) is 4.15. The minimum atomic E-state index is -0.477. The Morgan fingerprint density at radius 1 is 1.56 bits per heavy atom. The van der Waals surface area contributed by atoms with E-state index in [1.54, 1.807) is 17.0 Å². The molecule has 5 heteroatoms. The molecule has 1 saturated heterocycles. The molecule has 2 nitrogen and oxygen atoms in total. The van der Waals surface area contributed by atoms with E-state index in [9.17, 15) is 9.18 Å². The van der Waals surface area contributed by atoms with Crippen LogP contribution in [0.5, 0.6) is 0 Å². The molecule has 0 bridgehead atoms. The Morgan fingerprint density at radius 3 is 3.00 bits per heavy atom. The van der Waals surface area contributed by atoms with Crippen molar-refractivity contribution in [1.29, 1.82) is 0 Å². The van der Waals surface area contributed by atoms with Crippen molar-refractivity contribution in [3.63, 3.8) is 0 Å². The molecule has 1 heterocycles. The Morgan fingerprint density at radius 2 is 2.33 bits per heavy atom. The minimum Gasteiger partial charge on any atom is -0.338 e. The first-order valence-corrected chi connectivity index (χ1v) is 7.25. The lowest BCUT2D eigenvalue weighted by Crippen LogP contribution is -2.29. The zero-order chi connectivity index (χ0) is 13.1. The van der Waals surface area contributed by atoms with Gasteiger partial charge in [-0.1, -0.05) is 6.07 Å². The van der Waals surface area contributed by atoms with Crippen molar-refractivity contribution in [3.05, 3.63) is 34.1 Å². The van der Waals surface area contributed by atoms with Gasteiger partial charge in [-0.25, -0.2) is 4.39 Å². The number of rotatable bonds is 3. The van der Waals surface area contributed by atoms with Gasteiger partial charge in [-0.3, -0.25) is 4.79 Å². The van der Waals surface area contributed by atoms with Crippen molar-refractivity contribution < 1.29 is 9.18 Å². The summed E-state index contributed by atoms with van der Waals surface area (Å²) in [6.07, 6.45) is 1.86. The zero-order valence-electron chi connectivity index (χ0n) is 9.83. The molecule has 98 valence electrons. The molecule has 1 fully saturated rings. The number of likely N-dealkylation sites (tertiary alicyclic amines) is 1. The van der Waals surface area contributed by atoms with Crippen LogP contribution in [0.3, 0.4) is 0 Å². The molecule has 18 heavy (non-hydrogen) atoms. The van der Waals surface area contributed by atoms with E-state index in [0.717, 1.165) is 12.8 Å². The summed E-state index contributed by atoms with van der Waals surface area (Å²) in [6, 6.07) is 4.57. The fraction of sp³-hybridized carbons (Fsp3) is 0.462. The third kappa shape index (κ3) is 2.86. The normalized spacial score (nSPS) is 19.3. The SMILES string of the molecule is O=C(c1c(F)cccc1Br)N1CCC(CCCl)C1. The molecule has 1 atom stereocenters. The van der Waals surface area contributed by atoms with Gasteiger partial charge in [0.15, 0.2) is 0 Å². The first-order chi connectivity index (χ1) is 8.63. The molecule has 1 aromatic rings. The molecule has 0 N–H and O–H groups in total. The van der Waals surface area contributed by atoms with Gasteiger partial charge in [-0.15, -0.1) is 11.6 Å². The number of hydrogen-bond donors (Lipinski definition) is 0. The van der Waals surface area contributed by atoms with Gasteiger partial charge in [-0.2, -0.15) is 0 Å². The Bertz CT molecular complexity index is 434. The van der Waals surface area contributed by atoms with E-state index in [4.69, 9.17) is 11.6 Å². The van der Waals surface area contributed by atoms with E-state index in [-0.39, 0.29) is 11.5 Å². The Labute approximate surface area is 119 Å². The average Bonchev–Trinajstić information content (AvgIpc) is 2.78. The van der Waals surface area contributed by atoms with E-state index in [0.29, 0.717) is 29.4 Å². The van der Waals surface area contributed by atoms with E-state index in [1.807, 2.05) is 0 Å². The van der Waals surface area contributed by atoms with Crippen LogP contribution in [-0.4, -0.2) is 29.8 Å². The van der Waals surface area contributed by atoms with Crippen molar-refractivity contribution in [1.82, 2.24) is 4.90 Å². The van der Waals surface area contributed by atoms with E-state index in [2.05, 4.69) is 15.9 Å². The van der Waals surface area contributed by atoms with Crippen LogP contribution in [0.25, 0.3) is 0 Å². The van der Waals surface area contributed by atoms with Crippen molar-refractivity contribution in [2.24, 2.45) is 5.92 Å². The van der Waals surface area contributed by atoms with Gasteiger partial charge in [-0.05, 0) is 46.8 Å². The lowest BCUT2D eigenvalue weighted by molar-refractivity contribution is 0.0781. The maximum atomic E-state index is 13.7. The van der Waals surface area contributed by atoms with Gasteiger partial charge in [0, 0.05) is 23.4 Å². The summed E-state index contributed by atoms with van der Waals surface area (Å²) in [5.74, 6) is 0.333. The predicted molar refractivity (Wildman–Crippen MR) is 73.4 cm³/mol. The lowest BCUT2D eigenvalue weighted by atomic mass is 10.1. The molecular weight excluding hydrogens is 321 g/mol.